The number of hydrogen-bond acceptors (Lipinski definition) is 2. The van der Waals surface area contributed by atoms with Gasteiger partial charge in [0.2, 0.25) is 0 Å². The lowest BCUT2D eigenvalue weighted by molar-refractivity contribution is 0.218. The molecular formula is C26H38N4. The summed E-state index contributed by atoms with van der Waals surface area (Å²) in [5, 5.41) is 10.6. The molecule has 30 heavy (non-hydrogen) atoms. The molecule has 4 aliphatic rings. The van der Waals surface area contributed by atoms with Gasteiger partial charge in [0.25, 0.3) is 0 Å². The van der Waals surface area contributed by atoms with Crippen molar-refractivity contribution in [2.24, 2.45) is 10.8 Å². The van der Waals surface area contributed by atoms with Crippen LogP contribution in [-0.4, -0.2) is 19.6 Å². The van der Waals surface area contributed by atoms with Gasteiger partial charge in [-0.05, 0) is 62.2 Å². The van der Waals surface area contributed by atoms with Gasteiger partial charge < -0.3 is 0 Å². The SMILES string of the molecule is CCn1nc(-c2nn(CC)c3c2C2CCC3(C)C2(C)C)c2c1C1(C)CCC2C1(C)C. The Balaban J connectivity index is 1.65. The summed E-state index contributed by atoms with van der Waals surface area (Å²) in [7, 11) is 0. The molecule has 2 heterocycles. The lowest BCUT2D eigenvalue weighted by Gasteiger charge is -2.35. The second kappa shape index (κ2) is 5.24. The molecule has 0 saturated heterocycles. The molecule has 4 atom stereocenters. The zero-order valence-electron chi connectivity index (χ0n) is 20.2. The van der Waals surface area contributed by atoms with Crippen molar-refractivity contribution in [3.8, 4) is 11.4 Å². The number of rotatable bonds is 3. The quantitative estimate of drug-likeness (QED) is 0.614. The van der Waals surface area contributed by atoms with Crippen LogP contribution in [0.3, 0.4) is 0 Å². The number of aromatic nitrogens is 4. The van der Waals surface area contributed by atoms with Crippen LogP contribution in [0.15, 0.2) is 0 Å². The molecule has 2 aromatic heterocycles. The minimum atomic E-state index is 0.231. The number of fused-ring (bicyclic) bond motifs is 10. The molecule has 0 N–H and O–H groups in total. The maximum Gasteiger partial charge on any atom is 0.117 e. The Morgan fingerprint density at radius 2 is 1.07 bits per heavy atom. The Kier molecular flexibility index (Phi) is 3.34. The van der Waals surface area contributed by atoms with Gasteiger partial charge in [0, 0.05) is 46.4 Å². The smallest absolute Gasteiger partial charge is 0.117 e. The van der Waals surface area contributed by atoms with Crippen LogP contribution in [0.25, 0.3) is 11.4 Å². The molecule has 0 radical (unpaired) electrons. The summed E-state index contributed by atoms with van der Waals surface area (Å²) >= 11 is 0. The van der Waals surface area contributed by atoms with Crippen molar-refractivity contribution in [3.05, 3.63) is 22.5 Å². The summed E-state index contributed by atoms with van der Waals surface area (Å²) in [5.41, 5.74) is 9.65. The monoisotopic (exact) mass is 406 g/mol. The van der Waals surface area contributed by atoms with E-state index in [1.807, 2.05) is 0 Å². The van der Waals surface area contributed by atoms with Crippen LogP contribution in [-0.2, 0) is 23.9 Å². The Morgan fingerprint density at radius 1 is 0.700 bits per heavy atom. The first-order chi connectivity index (χ1) is 14.0. The van der Waals surface area contributed by atoms with Gasteiger partial charge in [-0.3, -0.25) is 9.36 Å². The number of nitrogens with zero attached hydrogens (tertiary/aromatic N) is 4. The summed E-state index contributed by atoms with van der Waals surface area (Å²) < 4.78 is 4.67. The van der Waals surface area contributed by atoms with Gasteiger partial charge in [0.05, 0.1) is 0 Å². The van der Waals surface area contributed by atoms with Gasteiger partial charge in [-0.15, -0.1) is 0 Å². The predicted molar refractivity (Wildman–Crippen MR) is 121 cm³/mol. The van der Waals surface area contributed by atoms with Crippen molar-refractivity contribution >= 4 is 0 Å². The average Bonchev–Trinajstić information content (AvgIpc) is 3.43. The molecule has 4 bridgehead atoms. The molecular weight excluding hydrogens is 368 g/mol. The molecule has 4 unspecified atom stereocenters. The lowest BCUT2D eigenvalue weighted by Crippen LogP contribution is -2.34. The fourth-order valence-electron chi connectivity index (χ4n) is 8.44. The number of hydrogen-bond donors (Lipinski definition) is 0. The Morgan fingerprint density at radius 3 is 1.40 bits per heavy atom. The topological polar surface area (TPSA) is 35.6 Å². The highest BCUT2D eigenvalue weighted by atomic mass is 15.3. The Hall–Kier alpha value is -1.58. The highest BCUT2D eigenvalue weighted by molar-refractivity contribution is 5.72. The maximum atomic E-state index is 5.29. The fraction of sp³-hybridized carbons (Fsp3) is 0.769. The van der Waals surface area contributed by atoms with E-state index < -0.39 is 0 Å². The molecule has 4 heteroatoms. The van der Waals surface area contributed by atoms with E-state index in [-0.39, 0.29) is 10.8 Å². The van der Waals surface area contributed by atoms with E-state index in [0.29, 0.717) is 22.7 Å². The largest absolute Gasteiger partial charge is 0.268 e. The van der Waals surface area contributed by atoms with E-state index in [0.717, 1.165) is 13.1 Å². The van der Waals surface area contributed by atoms with E-state index in [9.17, 15) is 0 Å². The molecule has 0 aromatic carbocycles. The van der Waals surface area contributed by atoms with E-state index >= 15 is 0 Å². The zero-order valence-corrected chi connectivity index (χ0v) is 20.2. The van der Waals surface area contributed by atoms with E-state index in [1.165, 1.54) is 48.5 Å². The molecule has 4 nitrogen and oxygen atoms in total. The van der Waals surface area contributed by atoms with E-state index in [2.05, 4.69) is 64.8 Å². The minimum Gasteiger partial charge on any atom is -0.268 e. The van der Waals surface area contributed by atoms with Gasteiger partial charge in [0.1, 0.15) is 11.4 Å². The summed E-state index contributed by atoms with van der Waals surface area (Å²) in [6.07, 6.45) is 5.17. The third-order valence-corrected chi connectivity index (χ3v) is 11.0. The van der Waals surface area contributed by atoms with Crippen LogP contribution in [0.1, 0.15) is 115 Å². The Bertz CT molecular complexity index is 997. The summed E-state index contributed by atoms with van der Waals surface area (Å²) in [6.45, 7) is 21.4. The molecule has 0 amide bonds. The molecule has 0 spiro atoms. The lowest BCUT2D eigenvalue weighted by atomic mass is 9.70. The first-order valence-corrected chi connectivity index (χ1v) is 12.3. The van der Waals surface area contributed by atoms with Crippen LogP contribution >= 0.6 is 0 Å². The summed E-state index contributed by atoms with van der Waals surface area (Å²) in [5.74, 6) is 1.22. The second-order valence-electron chi connectivity index (χ2n) is 12.1. The third-order valence-electron chi connectivity index (χ3n) is 11.0. The van der Waals surface area contributed by atoms with Crippen molar-refractivity contribution in [2.45, 2.75) is 117 Å². The first-order valence-electron chi connectivity index (χ1n) is 12.3. The molecule has 6 rings (SSSR count). The first kappa shape index (κ1) is 19.1. The molecule has 2 saturated carbocycles. The van der Waals surface area contributed by atoms with Crippen LogP contribution in [0.5, 0.6) is 0 Å². The summed E-state index contributed by atoms with van der Waals surface area (Å²) in [4.78, 5) is 0. The summed E-state index contributed by atoms with van der Waals surface area (Å²) in [6, 6.07) is 0. The standard InChI is InChI=1S/C26H38N4/c1-9-29-21-17(15-11-13-25(21,7)23(15,3)4)19(27-29)20-18-16-12-14-26(8,24(16,5)6)22(18)30(10-2)28-20/h15-16H,9-14H2,1-8H3. The van der Waals surface area contributed by atoms with E-state index in [1.54, 1.807) is 11.1 Å². The second-order valence-corrected chi connectivity index (χ2v) is 12.1. The van der Waals surface area contributed by atoms with Crippen molar-refractivity contribution in [2.75, 3.05) is 0 Å². The highest BCUT2D eigenvalue weighted by Gasteiger charge is 2.65. The van der Waals surface area contributed by atoms with Crippen molar-refractivity contribution in [3.63, 3.8) is 0 Å². The van der Waals surface area contributed by atoms with Crippen molar-refractivity contribution in [1.29, 1.82) is 0 Å². The van der Waals surface area contributed by atoms with Gasteiger partial charge in [0.15, 0.2) is 0 Å². The third kappa shape index (κ3) is 1.69. The van der Waals surface area contributed by atoms with Crippen molar-refractivity contribution < 1.29 is 0 Å². The fourth-order valence-corrected chi connectivity index (χ4v) is 8.44. The molecule has 2 aromatic rings. The average molecular weight is 407 g/mol. The van der Waals surface area contributed by atoms with Crippen LogP contribution in [0.2, 0.25) is 0 Å². The van der Waals surface area contributed by atoms with Gasteiger partial charge in [-0.1, -0.05) is 41.5 Å². The van der Waals surface area contributed by atoms with Crippen molar-refractivity contribution in [1.82, 2.24) is 19.6 Å². The predicted octanol–water partition coefficient (Wildman–Crippen LogP) is 6.14. The minimum absolute atomic E-state index is 0.231. The number of aryl methyl sites for hydroxylation is 2. The molecule has 2 fully saturated rings. The van der Waals surface area contributed by atoms with Crippen LogP contribution < -0.4 is 0 Å². The molecule has 0 aliphatic heterocycles. The zero-order chi connectivity index (χ0) is 21.4. The maximum absolute atomic E-state index is 5.29. The Labute approximate surface area is 181 Å². The van der Waals surface area contributed by atoms with Gasteiger partial charge >= 0.3 is 0 Å². The van der Waals surface area contributed by atoms with Gasteiger partial charge in [-0.2, -0.15) is 10.2 Å². The van der Waals surface area contributed by atoms with Crippen LogP contribution in [0, 0.1) is 10.8 Å². The highest BCUT2D eigenvalue weighted by Crippen LogP contribution is 2.71. The molecule has 4 aliphatic carbocycles. The normalized spacial score (nSPS) is 36.5. The van der Waals surface area contributed by atoms with Gasteiger partial charge in [-0.25, -0.2) is 0 Å². The molecule has 162 valence electrons. The van der Waals surface area contributed by atoms with E-state index in [4.69, 9.17) is 10.2 Å². The van der Waals surface area contributed by atoms with Crippen LogP contribution in [0.4, 0.5) is 0 Å².